The van der Waals surface area contributed by atoms with Gasteiger partial charge in [0.05, 0.1) is 45.8 Å². The number of unbranched alkanes of at least 4 members (excludes halogenated alkanes) is 15. The molecular formula is C98H146N15O31P3Si2. The minimum atomic E-state index is -5.53. The quantitative estimate of drug-likeness (QED) is 0.00778. The van der Waals surface area contributed by atoms with Crippen LogP contribution < -0.4 is 49.1 Å². The van der Waals surface area contributed by atoms with Crippen molar-refractivity contribution in [1.29, 1.82) is 0 Å². The van der Waals surface area contributed by atoms with E-state index in [4.69, 9.17) is 97.7 Å². The number of aliphatic hydroxyl groups excluding tert-OH is 1. The summed E-state index contributed by atoms with van der Waals surface area (Å²) in [4.78, 5) is 179. The van der Waals surface area contributed by atoms with E-state index in [1.165, 1.54) is 134 Å². The summed E-state index contributed by atoms with van der Waals surface area (Å²) >= 11 is 0. The predicted molar refractivity (Wildman–Crippen MR) is 554 cm³/mol. The van der Waals surface area contributed by atoms with Gasteiger partial charge in [-0.3, -0.25) is 94.3 Å². The number of carbonyl (C=O) groups excluding carboxylic acids is 5. The van der Waals surface area contributed by atoms with Gasteiger partial charge in [-0.05, 0) is 107 Å². The summed E-state index contributed by atoms with van der Waals surface area (Å²) < 4.78 is 149. The lowest BCUT2D eigenvalue weighted by Crippen LogP contribution is -2.50. The van der Waals surface area contributed by atoms with Crippen LogP contribution in [0.4, 0.5) is 11.8 Å². The maximum atomic E-state index is 16.7. The molecule has 1 aromatic carbocycles. The Hall–Kier alpha value is -9.49. The molecule has 149 heavy (non-hydrogen) atoms. The van der Waals surface area contributed by atoms with Gasteiger partial charge in [0.15, 0.2) is 40.3 Å². The fourth-order valence-electron chi connectivity index (χ4n) is 16.4. The van der Waals surface area contributed by atoms with Gasteiger partial charge in [0.1, 0.15) is 111 Å². The van der Waals surface area contributed by atoms with Crippen LogP contribution in [0.1, 0.15) is 262 Å². The number of nitrogens with one attached hydrogen (secondary N) is 4. The summed E-state index contributed by atoms with van der Waals surface area (Å²) in [7, 11) is -20.1. The molecule has 9 heterocycles. The van der Waals surface area contributed by atoms with Crippen molar-refractivity contribution in [2.75, 3.05) is 83.1 Å². The number of aliphatic hydroxyl groups is 1. The van der Waals surface area contributed by atoms with Gasteiger partial charge in [-0.1, -0.05) is 159 Å². The Morgan fingerprint density at radius 3 is 1.70 bits per heavy atom. The third kappa shape index (κ3) is 33.3. The van der Waals surface area contributed by atoms with Crippen LogP contribution in [0.15, 0.2) is 71.9 Å². The van der Waals surface area contributed by atoms with Crippen molar-refractivity contribution in [3.8, 4) is 5.75 Å². The number of rotatable bonds is 59. The van der Waals surface area contributed by atoms with Crippen LogP contribution in [0.5, 0.6) is 5.75 Å². The Bertz CT molecular complexity index is 6210. The number of aryl methyl sites for hydroxylation is 3. The minimum Gasteiger partial charge on any atom is -0.493 e. The highest BCUT2D eigenvalue weighted by molar-refractivity contribution is 7.48. The number of phosphoric acid groups is 2. The Kier molecular flexibility index (Phi) is 45.1. The van der Waals surface area contributed by atoms with Crippen molar-refractivity contribution in [3.63, 3.8) is 0 Å². The molecule has 0 bridgehead atoms. The van der Waals surface area contributed by atoms with E-state index in [2.05, 4.69) is 57.0 Å². The van der Waals surface area contributed by atoms with Crippen molar-refractivity contribution >= 4 is 93.3 Å². The number of H-pyrrole nitrogens is 2. The van der Waals surface area contributed by atoms with E-state index in [0.29, 0.717) is 22.5 Å². The molecule has 0 radical (unpaired) electrons. The minimum absolute atomic E-state index is 0.00326. The van der Waals surface area contributed by atoms with Gasteiger partial charge in [-0.2, -0.15) is 14.5 Å². The number of amides is 2. The molecule has 0 saturated carbocycles. The number of hydrogen-bond donors (Lipinski definition) is 5. The molecule has 0 aliphatic carbocycles. The van der Waals surface area contributed by atoms with Crippen molar-refractivity contribution < 1.29 is 116 Å². The van der Waals surface area contributed by atoms with Crippen molar-refractivity contribution in [1.82, 2.24) is 47.8 Å². The molecule has 2 amide bonds. The number of benzene rings is 1. The molecule has 51 heteroatoms. The zero-order valence-electron chi connectivity index (χ0n) is 88.6. The number of hydrogen-bond acceptors (Lipinski definition) is 34. The Morgan fingerprint density at radius 2 is 1.14 bits per heavy atom. The molecule has 4 aliphatic heterocycles. The molecule has 17 atom stereocenters. The number of fused-ring (bicyclic) bond motifs is 1. The maximum Gasteiger partial charge on any atom is 0.475 e. The Morgan fingerprint density at radius 1 is 0.597 bits per heavy atom. The number of imidazole rings is 1. The zero-order valence-corrected chi connectivity index (χ0v) is 93.3. The number of nitrogens with zero attached hydrogens (tertiary/aromatic N) is 11. The first kappa shape index (κ1) is 121. The van der Waals surface area contributed by atoms with Gasteiger partial charge >= 0.3 is 47.3 Å². The average molecular weight is 2180 g/mol. The monoisotopic (exact) mass is 2180 g/mol. The van der Waals surface area contributed by atoms with E-state index in [1.54, 1.807) is 20.8 Å². The second kappa shape index (κ2) is 55.4. The van der Waals surface area contributed by atoms with Crippen LogP contribution in [-0.2, 0) is 102 Å². The molecule has 4 saturated heterocycles. The van der Waals surface area contributed by atoms with Crippen LogP contribution in [0.25, 0.3) is 25.7 Å². The highest BCUT2D eigenvalue weighted by atomic mass is 31.2. The summed E-state index contributed by atoms with van der Waals surface area (Å²) in [5.74, 6) is -3.99. The summed E-state index contributed by atoms with van der Waals surface area (Å²) in [6.07, 6.45) is 0.506. The molecular weight excluding hydrogens is 2030 g/mol. The Balaban J connectivity index is 0.985. The number of aromatic nitrogens is 10. The van der Waals surface area contributed by atoms with E-state index in [0.717, 1.165) is 63.8 Å². The van der Waals surface area contributed by atoms with Gasteiger partial charge in [0.2, 0.25) is 37.4 Å². The number of anilines is 2. The molecule has 4 fully saturated rings. The van der Waals surface area contributed by atoms with Crippen molar-refractivity contribution in [3.05, 3.63) is 168 Å². The SMILES string of the molecule is [C-]#[N+]CCOP(OC[C@H]1O[C@@H](n2cnc3c(=O)[nH]c(NC(=O)C(C)C)nc32)[C@@H](O[Si](C)(C)C(C)(C)C)C1OP(=O)(OCC[N+]#[C-])OC[C@H]1O[C@@H](n2cc(C)c(=O)[nH]c2=O)CC1OP(=O)(OCC[N+]#[C-])OC[C@H]1O[C@@H](n2cc(C)c(=O)n(C(=O)c3cc(C)c(C)c(OCCCCCCCCCCCCCCCCCC)c3)c2=O)CC1OC(=O)CCC(C)=O)OC1[C@@H](CO)O[C@@H](n2ccc(NC(C)=O)nc2=O)[C@H]1O[Si](C)(C)C(C)(C)C. The third-order valence-electron chi connectivity index (χ3n) is 27.0. The molecule has 0 spiro atoms. The van der Waals surface area contributed by atoms with Crippen LogP contribution in [-0.4, -0.2) is 232 Å². The van der Waals surface area contributed by atoms with Gasteiger partial charge in [-0.15, -0.1) is 0 Å². The molecule has 10 rings (SSSR count). The lowest BCUT2D eigenvalue weighted by molar-refractivity contribution is -0.153. The number of phosphoric ester groups is 2. The lowest BCUT2D eigenvalue weighted by Gasteiger charge is -2.41. The summed E-state index contributed by atoms with van der Waals surface area (Å²) in [5.41, 5.74) is -4.94. The number of ether oxygens (including phenoxy) is 6. The molecule has 5 N–H and O–H groups in total. The highest BCUT2D eigenvalue weighted by Crippen LogP contribution is 2.59. The number of ketones is 1. The van der Waals surface area contributed by atoms with Gasteiger partial charge in [0.25, 0.3) is 22.6 Å². The first-order chi connectivity index (χ1) is 70.5. The van der Waals surface area contributed by atoms with E-state index in [-0.39, 0.29) is 65.0 Å². The summed E-state index contributed by atoms with van der Waals surface area (Å²) in [6.45, 7) is 50.7. The van der Waals surface area contributed by atoms with Crippen molar-refractivity contribution in [2.24, 2.45) is 5.92 Å². The van der Waals surface area contributed by atoms with Crippen molar-refractivity contribution in [2.45, 2.75) is 354 Å². The molecule has 6 aromatic rings. The van der Waals surface area contributed by atoms with E-state index in [9.17, 15) is 53.1 Å². The van der Waals surface area contributed by atoms with Crippen LogP contribution >= 0.6 is 24.2 Å². The predicted octanol–water partition coefficient (Wildman–Crippen LogP) is 14.9. The number of aromatic amines is 2. The topological polar surface area (TPSA) is 531 Å². The van der Waals surface area contributed by atoms with Gasteiger partial charge in [0, 0.05) is 67.4 Å². The van der Waals surface area contributed by atoms with Gasteiger partial charge in [-0.25, -0.2) is 48.2 Å². The molecule has 46 nitrogen and oxygen atoms in total. The molecule has 4 aliphatic rings. The first-order valence-corrected chi connectivity index (χ1v) is 60.6. The molecule has 5 aromatic heterocycles. The highest BCUT2D eigenvalue weighted by Gasteiger charge is 2.58. The van der Waals surface area contributed by atoms with E-state index >= 15 is 13.9 Å². The molecule has 7 unspecified atom stereocenters. The fourth-order valence-corrected chi connectivity index (χ4v) is 22.9. The van der Waals surface area contributed by atoms with Gasteiger partial charge < -0.3 is 80.6 Å². The standard InChI is InChI=1S/C98H146N15O31P3Si2/c1-23-24-25-26-27-28-29-30-31-32-33-34-35-36-37-38-46-128-69-51-68(50-62(4)66(69)8)90(122)113-89(121)64(6)55-111(96(113)125)78-52-70(137-79(117)40-39-65(7)115)73(135-78)58-133-146(126,131-48-43-100-17)141-71-53-77(110-54-63(5)87(119)108-95(110)124)136-74(71)59-134-147(127,132-49-44-101-18)142-82-75(139-92(84(82)144-149(21,22)98(13,14)15)112-60-102-80-85(112)105-93(107-88(80)120)106-86(118)61(2)3)57-130-145(129-47-42-99-16)140-81-72(56-114)138-91(83(81)143-148(19,20)97(10,11)12)109-45-41-76(103-67(9)116)104-94(109)123/h41,45,50-51,54-55,60-61,70-75,77-78,81-84,91-92,114H,23-40,42-44,46-49,52-53,56-59H2,1-15,19-22H3,(H,108,119,124)(H,103,104,116,123)(H2,105,106,107,118,120)/t70?,71?,72-,73-,74-,75-,77-,78-,81?,82?,83+,84+,91-,92-,145?,146?,147?/m1/s1. The lowest BCUT2D eigenvalue weighted by atomic mass is 10.0. The average Bonchev–Trinajstić information content (AvgIpc) is 1.60. The van der Waals surface area contributed by atoms with E-state index < -0.39 is 272 Å². The Labute approximate surface area is 869 Å². The zero-order chi connectivity index (χ0) is 109. The van der Waals surface area contributed by atoms with Crippen LogP contribution in [0, 0.1) is 53.3 Å². The fraction of sp³-hybridized carbons (Fsp3) is 0.684. The smallest absolute Gasteiger partial charge is 0.475 e. The number of carbonyl (C=O) groups is 5. The maximum absolute atomic E-state index is 16.7. The third-order valence-corrected chi connectivity index (χ3v) is 40.0. The second-order valence-electron chi connectivity index (χ2n) is 41.0. The number of esters is 1. The summed E-state index contributed by atoms with van der Waals surface area (Å²) in [6, 6.07) is 4.37. The first-order valence-electron chi connectivity index (χ1n) is 50.7. The van der Waals surface area contributed by atoms with Crippen LogP contribution in [0.3, 0.4) is 0 Å². The largest absolute Gasteiger partial charge is 0.493 e. The summed E-state index contributed by atoms with van der Waals surface area (Å²) in [5, 5.41) is 15.1. The molecule has 822 valence electrons. The van der Waals surface area contributed by atoms with Crippen LogP contribution in [0.2, 0.25) is 36.3 Å². The normalized spacial score (nSPS) is 22.1. The number of Topliss-reactive ketones (excluding diaryl/α,β-unsaturated/α-hetero) is 1. The second-order valence-corrected chi connectivity index (χ2v) is 54.9. The van der Waals surface area contributed by atoms with E-state index in [1.807, 2.05) is 74.7 Å².